The van der Waals surface area contributed by atoms with E-state index in [9.17, 15) is 4.79 Å². The molecule has 0 radical (unpaired) electrons. The molecule has 0 aliphatic carbocycles. The number of carbonyl (C=O) groups excluding carboxylic acids is 1. The van der Waals surface area contributed by atoms with Crippen LogP contribution in [-0.4, -0.2) is 37.6 Å². The van der Waals surface area contributed by atoms with Crippen LogP contribution >= 0.6 is 23.2 Å². The maximum atomic E-state index is 11.8. The summed E-state index contributed by atoms with van der Waals surface area (Å²) in [7, 11) is 4.00. The third-order valence-electron chi connectivity index (χ3n) is 2.57. The number of nitrogens with zero attached hydrogens (tertiary/aromatic N) is 1. The molecule has 0 fully saturated rings. The molecule has 0 aliphatic rings. The van der Waals surface area contributed by atoms with Gasteiger partial charge in [0.1, 0.15) is 0 Å². The van der Waals surface area contributed by atoms with Crippen molar-refractivity contribution in [2.24, 2.45) is 0 Å². The van der Waals surface area contributed by atoms with E-state index in [0.29, 0.717) is 15.7 Å². The van der Waals surface area contributed by atoms with Crippen LogP contribution in [0.3, 0.4) is 0 Å². The minimum Gasteiger partial charge on any atom is -0.335 e. The lowest BCUT2D eigenvalue weighted by atomic mass is 10.2. The Morgan fingerprint density at radius 2 is 2.05 bits per heavy atom. The Morgan fingerprint density at radius 3 is 2.63 bits per heavy atom. The van der Waals surface area contributed by atoms with Crippen molar-refractivity contribution in [3.8, 4) is 0 Å². The van der Waals surface area contributed by atoms with Crippen molar-refractivity contribution in [2.75, 3.05) is 26.0 Å². The molecular weight excluding hydrogens is 285 g/mol. The average Bonchev–Trinajstić information content (AvgIpc) is 2.30. The zero-order valence-corrected chi connectivity index (χ0v) is 12.8. The lowest BCUT2D eigenvalue weighted by Gasteiger charge is -2.17. The van der Waals surface area contributed by atoms with Gasteiger partial charge in [0.2, 0.25) is 0 Å². The highest BCUT2D eigenvalue weighted by molar-refractivity contribution is 6.36. The van der Waals surface area contributed by atoms with Crippen LogP contribution in [0.1, 0.15) is 13.3 Å². The SMILES string of the molecule is CC(CCN(C)C)NC(=O)Nc1ccc(Cl)cc1Cl. The van der Waals surface area contributed by atoms with Crippen LogP contribution in [-0.2, 0) is 0 Å². The van der Waals surface area contributed by atoms with Gasteiger partial charge in [-0.3, -0.25) is 0 Å². The van der Waals surface area contributed by atoms with Gasteiger partial charge in [-0.05, 0) is 52.2 Å². The van der Waals surface area contributed by atoms with Crippen LogP contribution in [0, 0.1) is 0 Å². The van der Waals surface area contributed by atoms with Gasteiger partial charge in [-0.15, -0.1) is 0 Å². The molecule has 2 amide bonds. The van der Waals surface area contributed by atoms with Crippen molar-refractivity contribution >= 4 is 34.9 Å². The molecule has 1 atom stereocenters. The van der Waals surface area contributed by atoms with Crippen LogP contribution in [0.5, 0.6) is 0 Å². The van der Waals surface area contributed by atoms with E-state index in [1.54, 1.807) is 18.2 Å². The minimum absolute atomic E-state index is 0.0912. The van der Waals surface area contributed by atoms with Crippen molar-refractivity contribution in [2.45, 2.75) is 19.4 Å². The number of hydrogen-bond acceptors (Lipinski definition) is 2. The largest absolute Gasteiger partial charge is 0.335 e. The zero-order chi connectivity index (χ0) is 14.4. The number of benzene rings is 1. The van der Waals surface area contributed by atoms with E-state index in [-0.39, 0.29) is 12.1 Å². The molecule has 0 heterocycles. The zero-order valence-electron chi connectivity index (χ0n) is 11.3. The molecule has 0 spiro atoms. The van der Waals surface area contributed by atoms with E-state index in [4.69, 9.17) is 23.2 Å². The van der Waals surface area contributed by atoms with E-state index in [2.05, 4.69) is 15.5 Å². The van der Waals surface area contributed by atoms with Crippen LogP contribution in [0.15, 0.2) is 18.2 Å². The Bertz CT molecular complexity index is 438. The number of carbonyl (C=O) groups is 1. The summed E-state index contributed by atoms with van der Waals surface area (Å²) in [5.41, 5.74) is 0.545. The van der Waals surface area contributed by atoms with Crippen molar-refractivity contribution in [3.05, 3.63) is 28.2 Å². The third kappa shape index (κ3) is 6.14. The highest BCUT2D eigenvalue weighted by Gasteiger charge is 2.09. The van der Waals surface area contributed by atoms with Gasteiger partial charge in [-0.25, -0.2) is 4.79 Å². The predicted molar refractivity (Wildman–Crippen MR) is 81.2 cm³/mol. The number of nitrogens with one attached hydrogen (secondary N) is 2. The first-order chi connectivity index (χ1) is 8.88. The van der Waals surface area contributed by atoms with Crippen LogP contribution in [0.4, 0.5) is 10.5 Å². The second-order valence-corrected chi connectivity index (χ2v) is 5.56. The Morgan fingerprint density at radius 1 is 1.37 bits per heavy atom. The second kappa shape index (κ2) is 7.58. The van der Waals surface area contributed by atoms with Gasteiger partial charge in [0.15, 0.2) is 0 Å². The predicted octanol–water partition coefficient (Wildman–Crippen LogP) is 3.46. The Labute approximate surface area is 124 Å². The van der Waals surface area contributed by atoms with Gasteiger partial charge < -0.3 is 15.5 Å². The summed E-state index contributed by atoms with van der Waals surface area (Å²) in [6, 6.07) is 4.77. The molecular formula is C13H19Cl2N3O. The fourth-order valence-electron chi connectivity index (χ4n) is 1.50. The lowest BCUT2D eigenvalue weighted by Crippen LogP contribution is -2.37. The topological polar surface area (TPSA) is 44.4 Å². The molecule has 0 saturated carbocycles. The molecule has 1 rings (SSSR count). The van der Waals surface area contributed by atoms with Gasteiger partial charge >= 0.3 is 6.03 Å². The monoisotopic (exact) mass is 303 g/mol. The molecule has 106 valence electrons. The fourth-order valence-corrected chi connectivity index (χ4v) is 1.95. The molecule has 4 nitrogen and oxygen atoms in total. The minimum atomic E-state index is -0.268. The average molecular weight is 304 g/mol. The van der Waals surface area contributed by atoms with Crippen molar-refractivity contribution in [1.82, 2.24) is 10.2 Å². The molecule has 0 aliphatic heterocycles. The first-order valence-electron chi connectivity index (χ1n) is 6.06. The molecule has 2 N–H and O–H groups in total. The van der Waals surface area contributed by atoms with Crippen molar-refractivity contribution in [3.63, 3.8) is 0 Å². The van der Waals surface area contributed by atoms with Gasteiger partial charge in [-0.2, -0.15) is 0 Å². The number of anilines is 1. The number of rotatable bonds is 5. The third-order valence-corrected chi connectivity index (χ3v) is 3.11. The normalized spacial score (nSPS) is 12.3. The standard InChI is InChI=1S/C13H19Cl2N3O/c1-9(6-7-18(2)3)16-13(19)17-12-5-4-10(14)8-11(12)15/h4-5,8-9H,6-7H2,1-3H3,(H2,16,17,19). The summed E-state index contributed by atoms with van der Waals surface area (Å²) in [6.45, 7) is 2.88. The summed E-state index contributed by atoms with van der Waals surface area (Å²) in [5, 5.41) is 6.52. The number of halogens is 2. The lowest BCUT2D eigenvalue weighted by molar-refractivity contribution is 0.247. The molecule has 6 heteroatoms. The first-order valence-corrected chi connectivity index (χ1v) is 6.81. The Kier molecular flexibility index (Phi) is 6.42. The van der Waals surface area contributed by atoms with E-state index >= 15 is 0 Å². The summed E-state index contributed by atoms with van der Waals surface area (Å²) in [4.78, 5) is 13.9. The summed E-state index contributed by atoms with van der Waals surface area (Å²) in [5.74, 6) is 0. The van der Waals surface area contributed by atoms with Crippen molar-refractivity contribution < 1.29 is 4.79 Å². The smallest absolute Gasteiger partial charge is 0.319 e. The Balaban J connectivity index is 2.46. The van der Waals surface area contributed by atoms with E-state index in [0.717, 1.165) is 13.0 Å². The van der Waals surface area contributed by atoms with Crippen LogP contribution < -0.4 is 10.6 Å². The molecule has 0 aromatic heterocycles. The quantitative estimate of drug-likeness (QED) is 0.875. The maximum absolute atomic E-state index is 11.8. The van der Waals surface area contributed by atoms with E-state index in [1.165, 1.54) is 0 Å². The molecule has 1 aromatic rings. The highest BCUT2D eigenvalue weighted by atomic mass is 35.5. The molecule has 19 heavy (non-hydrogen) atoms. The van der Waals surface area contributed by atoms with Crippen molar-refractivity contribution in [1.29, 1.82) is 0 Å². The first kappa shape index (κ1) is 16.1. The van der Waals surface area contributed by atoms with E-state index < -0.39 is 0 Å². The highest BCUT2D eigenvalue weighted by Crippen LogP contribution is 2.25. The number of urea groups is 1. The van der Waals surface area contributed by atoms with Gasteiger partial charge in [0, 0.05) is 11.1 Å². The second-order valence-electron chi connectivity index (χ2n) is 4.72. The maximum Gasteiger partial charge on any atom is 0.319 e. The number of amides is 2. The fraction of sp³-hybridized carbons (Fsp3) is 0.462. The van der Waals surface area contributed by atoms with E-state index in [1.807, 2.05) is 21.0 Å². The summed E-state index contributed by atoms with van der Waals surface area (Å²) < 4.78 is 0. The summed E-state index contributed by atoms with van der Waals surface area (Å²) in [6.07, 6.45) is 0.884. The van der Waals surface area contributed by atoms with Gasteiger partial charge in [-0.1, -0.05) is 23.2 Å². The van der Waals surface area contributed by atoms with Crippen LogP contribution in [0.2, 0.25) is 10.0 Å². The Hall–Kier alpha value is -0.970. The van der Waals surface area contributed by atoms with Gasteiger partial charge in [0.05, 0.1) is 10.7 Å². The molecule has 0 bridgehead atoms. The van der Waals surface area contributed by atoms with Crippen LogP contribution in [0.25, 0.3) is 0 Å². The molecule has 0 saturated heterocycles. The number of hydrogen-bond donors (Lipinski definition) is 2. The van der Waals surface area contributed by atoms with Gasteiger partial charge in [0.25, 0.3) is 0 Å². The summed E-state index contributed by atoms with van der Waals surface area (Å²) >= 11 is 11.8. The molecule has 1 unspecified atom stereocenters. The molecule has 1 aromatic carbocycles.